The third-order valence-corrected chi connectivity index (χ3v) is 5.64. The molecule has 3 rings (SSSR count). The van der Waals surface area contributed by atoms with Gasteiger partial charge in [-0.1, -0.05) is 12.1 Å². The van der Waals surface area contributed by atoms with E-state index < -0.39 is 0 Å². The first-order valence-electron chi connectivity index (χ1n) is 10.9. The Hall–Kier alpha value is -2.64. The lowest BCUT2D eigenvalue weighted by molar-refractivity contribution is -0.126. The molecule has 0 aliphatic carbocycles. The van der Waals surface area contributed by atoms with E-state index in [-0.39, 0.29) is 18.6 Å². The van der Waals surface area contributed by atoms with Gasteiger partial charge in [0, 0.05) is 19.9 Å². The molecule has 1 saturated heterocycles. The van der Waals surface area contributed by atoms with E-state index in [0.29, 0.717) is 12.5 Å². The van der Waals surface area contributed by atoms with E-state index in [1.807, 2.05) is 31.2 Å². The number of likely N-dealkylation sites (tertiary alicyclic amines) is 1. The molecule has 0 spiro atoms. The van der Waals surface area contributed by atoms with Crippen LogP contribution >= 0.6 is 0 Å². The molecule has 1 aliphatic rings. The molecule has 168 valence electrons. The van der Waals surface area contributed by atoms with Crippen molar-refractivity contribution in [1.29, 1.82) is 0 Å². The van der Waals surface area contributed by atoms with E-state index in [9.17, 15) is 4.79 Å². The fourth-order valence-corrected chi connectivity index (χ4v) is 4.13. The van der Waals surface area contributed by atoms with E-state index in [2.05, 4.69) is 27.3 Å². The normalized spacial score (nSPS) is 16.0. The molecule has 1 aliphatic heterocycles. The molecular weight excluding hydrogens is 394 g/mol. The predicted octanol–water partition coefficient (Wildman–Crippen LogP) is 3.20. The van der Waals surface area contributed by atoms with Crippen molar-refractivity contribution in [3.63, 3.8) is 0 Å². The van der Waals surface area contributed by atoms with Crippen molar-refractivity contribution < 1.29 is 19.0 Å². The largest absolute Gasteiger partial charge is 0.493 e. The third-order valence-electron chi connectivity index (χ3n) is 5.64. The highest BCUT2D eigenvalue weighted by atomic mass is 16.5. The lowest BCUT2D eigenvalue weighted by Gasteiger charge is -2.36. The van der Waals surface area contributed by atoms with Gasteiger partial charge >= 0.3 is 0 Å². The van der Waals surface area contributed by atoms with Crippen molar-refractivity contribution in [1.82, 2.24) is 15.2 Å². The van der Waals surface area contributed by atoms with Gasteiger partial charge in [0.25, 0.3) is 0 Å². The van der Waals surface area contributed by atoms with Crippen LogP contribution in [0.25, 0.3) is 0 Å². The number of amides is 1. The van der Waals surface area contributed by atoms with Crippen molar-refractivity contribution in [2.75, 3.05) is 40.5 Å². The topological polar surface area (TPSA) is 72.9 Å². The number of carbonyl (C=O) groups is 1. The van der Waals surface area contributed by atoms with Gasteiger partial charge in [0.1, 0.15) is 6.61 Å². The average Bonchev–Trinajstić information content (AvgIpc) is 2.80. The zero-order valence-corrected chi connectivity index (χ0v) is 18.7. The number of benzene rings is 1. The molecule has 1 N–H and O–H groups in total. The minimum absolute atomic E-state index is 0.0573. The second-order valence-electron chi connectivity index (χ2n) is 7.76. The van der Waals surface area contributed by atoms with Crippen LogP contribution in [0.3, 0.4) is 0 Å². The SMILES string of the molecule is CCOc1ccc(CN2CCC(C(NC(=O)COC)c3ccccn3)CC2)cc1OC. The van der Waals surface area contributed by atoms with Crippen LogP contribution in [-0.2, 0) is 16.1 Å². The quantitative estimate of drug-likeness (QED) is 0.628. The summed E-state index contributed by atoms with van der Waals surface area (Å²) < 4.78 is 16.1. The highest BCUT2D eigenvalue weighted by molar-refractivity contribution is 5.77. The molecule has 1 unspecified atom stereocenters. The van der Waals surface area contributed by atoms with Gasteiger partial charge in [0.15, 0.2) is 11.5 Å². The first kappa shape index (κ1) is 23.0. The molecule has 1 aromatic carbocycles. The molecule has 1 aromatic heterocycles. The third kappa shape index (κ3) is 6.42. The lowest BCUT2D eigenvalue weighted by Crippen LogP contribution is -2.41. The van der Waals surface area contributed by atoms with Crippen LogP contribution < -0.4 is 14.8 Å². The Morgan fingerprint density at radius 1 is 1.19 bits per heavy atom. The van der Waals surface area contributed by atoms with Gasteiger partial charge in [0.05, 0.1) is 25.5 Å². The molecule has 0 radical (unpaired) electrons. The summed E-state index contributed by atoms with van der Waals surface area (Å²) in [4.78, 5) is 19.2. The summed E-state index contributed by atoms with van der Waals surface area (Å²) in [6.07, 6.45) is 3.75. The van der Waals surface area contributed by atoms with E-state index in [1.165, 1.54) is 12.7 Å². The first-order valence-corrected chi connectivity index (χ1v) is 10.9. The maximum absolute atomic E-state index is 12.2. The van der Waals surface area contributed by atoms with E-state index in [1.54, 1.807) is 13.3 Å². The standard InChI is InChI=1S/C24H33N3O4/c1-4-31-21-9-8-18(15-22(21)30-3)16-27-13-10-19(11-14-27)24(26-23(28)17-29-2)20-7-5-6-12-25-20/h5-9,12,15,19,24H,4,10-11,13-14,16-17H2,1-3H3,(H,26,28). The Morgan fingerprint density at radius 2 is 2.00 bits per heavy atom. The predicted molar refractivity (Wildman–Crippen MR) is 119 cm³/mol. The van der Waals surface area contributed by atoms with Gasteiger partial charge in [-0.05, 0) is 68.6 Å². The van der Waals surface area contributed by atoms with Crippen LogP contribution in [0.5, 0.6) is 11.5 Å². The van der Waals surface area contributed by atoms with Crippen LogP contribution in [0.4, 0.5) is 0 Å². The van der Waals surface area contributed by atoms with Crippen molar-refractivity contribution in [2.45, 2.75) is 32.4 Å². The zero-order chi connectivity index (χ0) is 22.1. The van der Waals surface area contributed by atoms with Crippen molar-refractivity contribution >= 4 is 5.91 Å². The second-order valence-corrected chi connectivity index (χ2v) is 7.76. The Bertz CT molecular complexity index is 823. The highest BCUT2D eigenvalue weighted by Crippen LogP contribution is 2.32. The minimum atomic E-state index is -0.109. The van der Waals surface area contributed by atoms with Crippen molar-refractivity contribution in [2.24, 2.45) is 5.92 Å². The van der Waals surface area contributed by atoms with Crippen LogP contribution in [-0.4, -0.2) is 56.3 Å². The van der Waals surface area contributed by atoms with Gasteiger partial charge in [-0.2, -0.15) is 0 Å². The van der Waals surface area contributed by atoms with Gasteiger partial charge in [-0.15, -0.1) is 0 Å². The summed E-state index contributed by atoms with van der Waals surface area (Å²) in [6, 6.07) is 11.9. The Labute approximate surface area is 184 Å². The minimum Gasteiger partial charge on any atom is -0.493 e. The van der Waals surface area contributed by atoms with Gasteiger partial charge in [0.2, 0.25) is 5.91 Å². The molecule has 2 heterocycles. The van der Waals surface area contributed by atoms with E-state index in [0.717, 1.165) is 49.7 Å². The smallest absolute Gasteiger partial charge is 0.246 e. The van der Waals surface area contributed by atoms with E-state index >= 15 is 0 Å². The molecule has 0 bridgehead atoms. The number of pyridine rings is 1. The summed E-state index contributed by atoms with van der Waals surface area (Å²) in [5.41, 5.74) is 2.11. The number of hydrogen-bond donors (Lipinski definition) is 1. The number of piperidine rings is 1. The maximum Gasteiger partial charge on any atom is 0.246 e. The summed E-state index contributed by atoms with van der Waals surface area (Å²) in [7, 11) is 3.20. The van der Waals surface area contributed by atoms with Crippen molar-refractivity contribution in [3.8, 4) is 11.5 Å². The number of ether oxygens (including phenoxy) is 3. The first-order chi connectivity index (χ1) is 15.1. The molecule has 7 nitrogen and oxygen atoms in total. The second kappa shape index (κ2) is 11.7. The molecule has 2 aromatic rings. The fraction of sp³-hybridized carbons (Fsp3) is 0.500. The zero-order valence-electron chi connectivity index (χ0n) is 18.7. The fourth-order valence-electron chi connectivity index (χ4n) is 4.13. The summed E-state index contributed by atoms with van der Waals surface area (Å²) in [6.45, 7) is 5.42. The molecule has 1 amide bonds. The number of rotatable bonds is 10. The summed E-state index contributed by atoms with van der Waals surface area (Å²) >= 11 is 0. The molecule has 7 heteroatoms. The number of aromatic nitrogens is 1. The molecule has 1 fully saturated rings. The molecule has 1 atom stereocenters. The summed E-state index contributed by atoms with van der Waals surface area (Å²) in [5.74, 6) is 1.77. The van der Waals surface area contributed by atoms with Gasteiger partial charge in [-0.3, -0.25) is 14.7 Å². The Kier molecular flexibility index (Phi) is 8.67. The monoisotopic (exact) mass is 427 g/mol. The average molecular weight is 428 g/mol. The van der Waals surface area contributed by atoms with Crippen LogP contribution in [0, 0.1) is 5.92 Å². The number of hydrogen-bond acceptors (Lipinski definition) is 6. The molecule has 31 heavy (non-hydrogen) atoms. The van der Waals surface area contributed by atoms with Crippen LogP contribution in [0.15, 0.2) is 42.6 Å². The maximum atomic E-state index is 12.2. The molecule has 0 saturated carbocycles. The van der Waals surface area contributed by atoms with Gasteiger partial charge in [-0.25, -0.2) is 0 Å². The number of nitrogens with zero attached hydrogens (tertiary/aromatic N) is 2. The summed E-state index contributed by atoms with van der Waals surface area (Å²) in [5, 5.41) is 3.13. The Balaban J connectivity index is 1.62. The molecular formula is C24H33N3O4. The van der Waals surface area contributed by atoms with Crippen molar-refractivity contribution in [3.05, 3.63) is 53.9 Å². The number of carbonyl (C=O) groups excluding carboxylic acids is 1. The van der Waals surface area contributed by atoms with Gasteiger partial charge < -0.3 is 19.5 Å². The van der Waals surface area contributed by atoms with E-state index in [4.69, 9.17) is 14.2 Å². The Morgan fingerprint density at radius 3 is 2.65 bits per heavy atom. The van der Waals surface area contributed by atoms with Crippen LogP contribution in [0.2, 0.25) is 0 Å². The number of methoxy groups -OCH3 is 2. The number of nitrogens with one attached hydrogen (secondary N) is 1. The lowest BCUT2D eigenvalue weighted by atomic mass is 9.87. The highest BCUT2D eigenvalue weighted by Gasteiger charge is 2.29. The van der Waals surface area contributed by atoms with Crippen LogP contribution in [0.1, 0.15) is 37.1 Å².